The van der Waals surface area contributed by atoms with Gasteiger partial charge in [-0.1, -0.05) is 31.7 Å². The van der Waals surface area contributed by atoms with Gasteiger partial charge in [-0.2, -0.15) is 13.2 Å². The van der Waals surface area contributed by atoms with E-state index < -0.39 is 23.7 Å². The molecule has 5 nitrogen and oxygen atoms in total. The van der Waals surface area contributed by atoms with Crippen LogP contribution in [0.1, 0.15) is 59.3 Å². The topological polar surface area (TPSA) is 63.2 Å². The number of ketones is 1. The van der Waals surface area contributed by atoms with Gasteiger partial charge in [-0.3, -0.25) is 19.6 Å². The number of aromatic nitrogens is 2. The molecule has 1 saturated carbocycles. The molecule has 30 heavy (non-hydrogen) atoms. The maximum Gasteiger partial charge on any atom is 0.416 e. The van der Waals surface area contributed by atoms with Crippen LogP contribution in [0.15, 0.2) is 36.8 Å². The lowest BCUT2D eigenvalue weighted by atomic mass is 9.93. The quantitative estimate of drug-likeness (QED) is 0.706. The molecule has 2 aromatic rings. The minimum absolute atomic E-state index is 0.00250. The number of carbonyl (C=O) groups is 2. The number of benzene rings is 1. The normalized spacial score (nSPS) is 18.0. The van der Waals surface area contributed by atoms with E-state index in [1.165, 1.54) is 35.6 Å². The Morgan fingerprint density at radius 1 is 1.20 bits per heavy atom. The molecular formula is C22H22F3N3O2. The van der Waals surface area contributed by atoms with Crippen molar-refractivity contribution < 1.29 is 22.8 Å². The van der Waals surface area contributed by atoms with E-state index in [4.69, 9.17) is 0 Å². The van der Waals surface area contributed by atoms with E-state index in [0.717, 1.165) is 31.7 Å². The van der Waals surface area contributed by atoms with Crippen molar-refractivity contribution in [2.45, 2.75) is 57.3 Å². The number of nitrogens with zero attached hydrogens (tertiary/aromatic N) is 3. The summed E-state index contributed by atoms with van der Waals surface area (Å²) in [7, 11) is 0. The van der Waals surface area contributed by atoms with Crippen LogP contribution in [0.4, 0.5) is 13.2 Å². The van der Waals surface area contributed by atoms with Gasteiger partial charge in [0.1, 0.15) is 0 Å². The zero-order chi connectivity index (χ0) is 21.3. The molecule has 1 atom stereocenters. The maximum absolute atomic E-state index is 13.5. The van der Waals surface area contributed by atoms with Gasteiger partial charge in [0.25, 0.3) is 5.91 Å². The molecule has 1 aromatic carbocycles. The summed E-state index contributed by atoms with van der Waals surface area (Å²) >= 11 is 0. The number of amides is 1. The first-order valence-electron chi connectivity index (χ1n) is 10.1. The summed E-state index contributed by atoms with van der Waals surface area (Å²) in [5.74, 6) is -0.428. The Morgan fingerprint density at radius 2 is 1.97 bits per heavy atom. The average molecular weight is 417 g/mol. The Kier molecular flexibility index (Phi) is 5.58. The van der Waals surface area contributed by atoms with Gasteiger partial charge in [-0.05, 0) is 30.0 Å². The van der Waals surface area contributed by atoms with E-state index >= 15 is 0 Å². The van der Waals surface area contributed by atoms with Gasteiger partial charge >= 0.3 is 6.18 Å². The van der Waals surface area contributed by atoms with E-state index in [2.05, 4.69) is 9.97 Å². The summed E-state index contributed by atoms with van der Waals surface area (Å²) in [6.45, 7) is -0.201. The number of hydrogen-bond donors (Lipinski definition) is 0. The number of fused-ring (bicyclic) bond motifs is 1. The molecule has 0 spiro atoms. The number of rotatable bonds is 6. The van der Waals surface area contributed by atoms with Crippen LogP contribution in [-0.4, -0.2) is 32.6 Å². The Bertz CT molecular complexity index is 940. The van der Waals surface area contributed by atoms with E-state index in [1.807, 2.05) is 0 Å². The molecule has 1 aromatic heterocycles. The van der Waals surface area contributed by atoms with Crippen LogP contribution >= 0.6 is 0 Å². The molecule has 1 aliphatic carbocycles. The van der Waals surface area contributed by atoms with E-state index in [1.54, 1.807) is 0 Å². The minimum Gasteiger partial charge on any atom is -0.324 e. The molecule has 2 heterocycles. The highest BCUT2D eigenvalue weighted by Gasteiger charge is 2.43. The van der Waals surface area contributed by atoms with Gasteiger partial charge in [0.05, 0.1) is 23.7 Å². The molecule has 158 valence electrons. The second kappa shape index (κ2) is 8.16. The van der Waals surface area contributed by atoms with Crippen LogP contribution in [0.25, 0.3) is 0 Å². The van der Waals surface area contributed by atoms with Gasteiger partial charge < -0.3 is 4.90 Å². The van der Waals surface area contributed by atoms with E-state index in [9.17, 15) is 22.8 Å². The fourth-order valence-corrected chi connectivity index (χ4v) is 4.58. The smallest absolute Gasteiger partial charge is 0.324 e. The molecule has 8 heteroatoms. The number of hydrogen-bond acceptors (Lipinski definition) is 4. The molecule has 0 saturated heterocycles. The Labute approximate surface area is 172 Å². The van der Waals surface area contributed by atoms with Crippen molar-refractivity contribution in [1.29, 1.82) is 0 Å². The lowest BCUT2D eigenvalue weighted by Crippen LogP contribution is -2.43. The summed E-state index contributed by atoms with van der Waals surface area (Å²) in [6, 6.07) is 2.88. The van der Waals surface area contributed by atoms with Crippen molar-refractivity contribution in [3.63, 3.8) is 0 Å². The average Bonchev–Trinajstić information content (AvgIpc) is 3.34. The van der Waals surface area contributed by atoms with Crippen molar-refractivity contribution in [3.8, 4) is 0 Å². The lowest BCUT2D eigenvalue weighted by molar-refractivity contribution is -0.138. The fourth-order valence-electron chi connectivity index (χ4n) is 4.58. The molecular weight excluding hydrogens is 395 g/mol. The molecule has 0 N–H and O–H groups in total. The largest absolute Gasteiger partial charge is 0.416 e. The molecule has 4 rings (SSSR count). The van der Waals surface area contributed by atoms with Crippen molar-refractivity contribution >= 4 is 11.7 Å². The zero-order valence-corrected chi connectivity index (χ0v) is 16.4. The van der Waals surface area contributed by atoms with Crippen molar-refractivity contribution in [1.82, 2.24) is 14.9 Å². The summed E-state index contributed by atoms with van der Waals surface area (Å²) in [5.41, 5.74) is -0.330. The monoisotopic (exact) mass is 417 g/mol. The SMILES string of the molecule is O=C(Cc1cnccn1)[C@H](CC1CCCC1)N1Cc2c(cccc2C(F)(F)F)C1=O. The van der Waals surface area contributed by atoms with Gasteiger partial charge in [0.2, 0.25) is 0 Å². The van der Waals surface area contributed by atoms with Crippen LogP contribution in [0.3, 0.4) is 0 Å². The zero-order valence-electron chi connectivity index (χ0n) is 16.4. The van der Waals surface area contributed by atoms with Crippen LogP contribution < -0.4 is 0 Å². The number of Topliss-reactive ketones (excluding diaryl/α,β-unsaturated/α-hetero) is 1. The molecule has 0 radical (unpaired) electrons. The summed E-state index contributed by atoms with van der Waals surface area (Å²) in [5, 5.41) is 0. The minimum atomic E-state index is -4.55. The molecule has 1 fully saturated rings. The van der Waals surface area contributed by atoms with Gasteiger partial charge in [0, 0.05) is 30.7 Å². The second-order valence-corrected chi connectivity index (χ2v) is 8.00. The molecule has 1 aliphatic heterocycles. The van der Waals surface area contributed by atoms with E-state index in [-0.39, 0.29) is 29.9 Å². The highest BCUT2D eigenvalue weighted by Crippen LogP contribution is 2.39. The maximum atomic E-state index is 13.5. The van der Waals surface area contributed by atoms with Gasteiger partial charge in [0.15, 0.2) is 5.78 Å². The van der Waals surface area contributed by atoms with Crippen molar-refractivity contribution in [3.05, 3.63) is 59.2 Å². The second-order valence-electron chi connectivity index (χ2n) is 8.00. The fraction of sp³-hybridized carbons (Fsp3) is 0.455. The van der Waals surface area contributed by atoms with Crippen LogP contribution in [0, 0.1) is 5.92 Å². The van der Waals surface area contributed by atoms with Gasteiger partial charge in [-0.25, -0.2) is 0 Å². The Hall–Kier alpha value is -2.77. The Morgan fingerprint density at radius 3 is 2.63 bits per heavy atom. The third kappa shape index (κ3) is 4.08. The van der Waals surface area contributed by atoms with Crippen LogP contribution in [0.2, 0.25) is 0 Å². The standard InChI is InChI=1S/C22H22F3N3O2/c23-22(24,25)18-7-3-6-16-17(18)13-28(21(16)30)19(10-14-4-1-2-5-14)20(29)11-15-12-26-8-9-27-15/h3,6-9,12,14,19H,1-2,4-5,10-11,13H2/t19-/m0/s1. The first-order valence-corrected chi connectivity index (χ1v) is 10.1. The first-order chi connectivity index (χ1) is 14.3. The first kappa shape index (κ1) is 20.5. The molecule has 0 unspecified atom stereocenters. The predicted molar refractivity (Wildman–Crippen MR) is 102 cm³/mol. The summed E-state index contributed by atoms with van der Waals surface area (Å²) in [6.07, 6.45) is 4.49. The number of alkyl halides is 3. The molecule has 0 bridgehead atoms. The van der Waals surface area contributed by atoms with E-state index in [0.29, 0.717) is 18.0 Å². The van der Waals surface area contributed by atoms with Crippen LogP contribution in [-0.2, 0) is 23.9 Å². The third-order valence-corrected chi connectivity index (χ3v) is 6.05. The highest BCUT2D eigenvalue weighted by atomic mass is 19.4. The third-order valence-electron chi connectivity index (χ3n) is 6.05. The predicted octanol–water partition coefficient (Wildman–Crippen LogP) is 4.21. The lowest BCUT2D eigenvalue weighted by Gasteiger charge is -2.29. The summed E-state index contributed by atoms with van der Waals surface area (Å²) in [4.78, 5) is 35.6. The highest BCUT2D eigenvalue weighted by molar-refractivity contribution is 6.02. The number of halogens is 3. The van der Waals surface area contributed by atoms with Crippen LogP contribution in [0.5, 0.6) is 0 Å². The number of carbonyl (C=O) groups excluding carboxylic acids is 2. The van der Waals surface area contributed by atoms with Crippen molar-refractivity contribution in [2.24, 2.45) is 5.92 Å². The summed E-state index contributed by atoms with van der Waals surface area (Å²) < 4.78 is 40.4. The molecule has 1 amide bonds. The molecule has 2 aliphatic rings. The van der Waals surface area contributed by atoms with Gasteiger partial charge in [-0.15, -0.1) is 0 Å². The Balaban J connectivity index is 1.63. The van der Waals surface area contributed by atoms with Crippen molar-refractivity contribution in [2.75, 3.05) is 0 Å².